The first-order chi connectivity index (χ1) is 8.65. The van der Waals surface area contributed by atoms with E-state index in [4.69, 9.17) is 0 Å². The summed E-state index contributed by atoms with van der Waals surface area (Å²) in [7, 11) is 0. The van der Waals surface area contributed by atoms with E-state index >= 15 is 0 Å². The predicted molar refractivity (Wildman–Crippen MR) is 78.0 cm³/mol. The van der Waals surface area contributed by atoms with Crippen LogP contribution in [0.2, 0.25) is 0 Å². The average Bonchev–Trinajstić information content (AvgIpc) is 3.20. The van der Waals surface area contributed by atoms with Crippen molar-refractivity contribution in [3.05, 3.63) is 35.9 Å². The lowest BCUT2D eigenvalue weighted by atomic mass is 9.99. The molecular weight excluding hydrogens is 242 g/mol. The molecule has 98 valence electrons. The lowest BCUT2D eigenvalue weighted by molar-refractivity contribution is -0.124. The third kappa shape index (κ3) is 2.96. The summed E-state index contributed by atoms with van der Waals surface area (Å²) >= 11 is 4.33. The fourth-order valence-corrected chi connectivity index (χ4v) is 2.58. The number of hydrogen-bond donors (Lipinski definition) is 1. The molecule has 1 aliphatic carbocycles. The average molecular weight is 263 g/mol. The van der Waals surface area contributed by atoms with Gasteiger partial charge in [0.15, 0.2) is 5.78 Å². The lowest BCUT2D eigenvalue weighted by Gasteiger charge is -2.31. The maximum Gasteiger partial charge on any atom is 0.166 e. The molecule has 0 bridgehead atoms. The van der Waals surface area contributed by atoms with Gasteiger partial charge in [0.1, 0.15) is 0 Å². The van der Waals surface area contributed by atoms with Gasteiger partial charge in [0.2, 0.25) is 0 Å². The van der Waals surface area contributed by atoms with Gasteiger partial charge in [-0.2, -0.15) is 12.6 Å². The fraction of sp³-hybridized carbons (Fsp3) is 0.533. The van der Waals surface area contributed by atoms with E-state index in [1.807, 2.05) is 37.3 Å². The number of carbonyl (C=O) groups is 1. The third-order valence-corrected chi connectivity index (χ3v) is 3.76. The Balaban J connectivity index is 2.30. The minimum Gasteiger partial charge on any atom is -0.296 e. The van der Waals surface area contributed by atoms with Crippen LogP contribution in [0.5, 0.6) is 0 Å². The number of ketones is 1. The van der Waals surface area contributed by atoms with Crippen molar-refractivity contribution in [3.8, 4) is 0 Å². The van der Waals surface area contributed by atoms with Crippen molar-refractivity contribution in [2.45, 2.75) is 44.0 Å². The van der Waals surface area contributed by atoms with Gasteiger partial charge in [-0.3, -0.25) is 9.69 Å². The van der Waals surface area contributed by atoms with Gasteiger partial charge < -0.3 is 0 Å². The Bertz CT molecular complexity index is 400. The second-order valence-corrected chi connectivity index (χ2v) is 5.73. The molecule has 0 saturated heterocycles. The predicted octanol–water partition coefficient (Wildman–Crippen LogP) is 3.10. The topological polar surface area (TPSA) is 20.3 Å². The number of benzene rings is 1. The Morgan fingerprint density at radius 3 is 2.44 bits per heavy atom. The summed E-state index contributed by atoms with van der Waals surface area (Å²) in [4.78, 5) is 14.8. The van der Waals surface area contributed by atoms with E-state index in [1.54, 1.807) is 0 Å². The van der Waals surface area contributed by atoms with E-state index in [-0.39, 0.29) is 17.1 Å². The molecule has 0 heterocycles. The van der Waals surface area contributed by atoms with Crippen LogP contribution in [0, 0.1) is 0 Å². The van der Waals surface area contributed by atoms with Gasteiger partial charge in [0.05, 0.1) is 11.3 Å². The highest BCUT2D eigenvalue weighted by Crippen LogP contribution is 2.35. The molecule has 1 aliphatic rings. The minimum absolute atomic E-state index is 0.129. The molecule has 18 heavy (non-hydrogen) atoms. The summed E-state index contributed by atoms with van der Waals surface area (Å²) in [6.07, 6.45) is 2.43. The van der Waals surface area contributed by atoms with Crippen molar-refractivity contribution in [2.24, 2.45) is 0 Å². The van der Waals surface area contributed by atoms with Gasteiger partial charge in [-0.15, -0.1) is 0 Å². The molecule has 2 atom stereocenters. The van der Waals surface area contributed by atoms with Crippen LogP contribution >= 0.6 is 12.6 Å². The maximum absolute atomic E-state index is 12.5. The van der Waals surface area contributed by atoms with Gasteiger partial charge in [0, 0.05) is 6.04 Å². The molecule has 2 nitrogen and oxygen atoms in total. The molecule has 2 rings (SSSR count). The van der Waals surface area contributed by atoms with Crippen molar-refractivity contribution in [1.82, 2.24) is 4.90 Å². The Morgan fingerprint density at radius 1 is 1.39 bits per heavy atom. The summed E-state index contributed by atoms with van der Waals surface area (Å²) in [6, 6.07) is 10.5. The Kier molecular flexibility index (Phi) is 4.46. The molecule has 1 saturated carbocycles. The largest absolute Gasteiger partial charge is 0.296 e. The number of likely N-dealkylation sites (N-methyl/N-ethyl adjacent to an activating group) is 1. The van der Waals surface area contributed by atoms with Crippen LogP contribution in [0.1, 0.15) is 38.3 Å². The Labute approximate surface area is 115 Å². The van der Waals surface area contributed by atoms with Crippen LogP contribution in [-0.4, -0.2) is 28.5 Å². The third-order valence-electron chi connectivity index (χ3n) is 3.51. The van der Waals surface area contributed by atoms with E-state index in [2.05, 4.69) is 24.5 Å². The number of rotatable bonds is 6. The lowest BCUT2D eigenvalue weighted by Crippen LogP contribution is -2.38. The normalized spacial score (nSPS) is 18.7. The molecular formula is C15H21NOS. The highest BCUT2D eigenvalue weighted by Gasteiger charge is 2.37. The zero-order chi connectivity index (χ0) is 13.1. The molecule has 0 radical (unpaired) electrons. The number of thiol groups is 1. The number of Topliss-reactive ketones (excluding diaryl/α,β-unsaturated/α-hetero) is 1. The summed E-state index contributed by atoms with van der Waals surface area (Å²) in [5.41, 5.74) is 1.09. The zero-order valence-corrected chi connectivity index (χ0v) is 11.9. The highest BCUT2D eigenvalue weighted by atomic mass is 32.1. The van der Waals surface area contributed by atoms with E-state index in [1.165, 1.54) is 12.8 Å². The van der Waals surface area contributed by atoms with Crippen LogP contribution in [0.15, 0.2) is 30.3 Å². The van der Waals surface area contributed by atoms with E-state index in [0.717, 1.165) is 12.1 Å². The van der Waals surface area contributed by atoms with Gasteiger partial charge in [-0.1, -0.05) is 37.3 Å². The molecule has 0 N–H and O–H groups in total. The van der Waals surface area contributed by atoms with Crippen LogP contribution in [-0.2, 0) is 4.79 Å². The first-order valence-electron chi connectivity index (χ1n) is 6.67. The first-order valence-corrected chi connectivity index (χ1v) is 7.19. The monoisotopic (exact) mass is 263 g/mol. The molecule has 0 aliphatic heterocycles. The van der Waals surface area contributed by atoms with Gasteiger partial charge in [-0.05, 0) is 31.9 Å². The van der Waals surface area contributed by atoms with Crippen LogP contribution in [0.3, 0.4) is 0 Å². The maximum atomic E-state index is 12.5. The molecule has 3 heteroatoms. The molecule has 1 aromatic rings. The second kappa shape index (κ2) is 5.89. The molecule has 0 aromatic heterocycles. The van der Waals surface area contributed by atoms with Crippen molar-refractivity contribution >= 4 is 18.4 Å². The van der Waals surface area contributed by atoms with Crippen molar-refractivity contribution in [1.29, 1.82) is 0 Å². The van der Waals surface area contributed by atoms with E-state index in [9.17, 15) is 4.79 Å². The quantitative estimate of drug-likeness (QED) is 0.796. The number of nitrogens with zero attached hydrogens (tertiary/aromatic N) is 1. The van der Waals surface area contributed by atoms with Crippen molar-refractivity contribution in [2.75, 3.05) is 6.54 Å². The zero-order valence-electron chi connectivity index (χ0n) is 11.0. The summed E-state index contributed by atoms with van der Waals surface area (Å²) in [5.74, 6) is 0.207. The van der Waals surface area contributed by atoms with Crippen LogP contribution < -0.4 is 0 Å². The molecule has 1 unspecified atom stereocenters. The van der Waals surface area contributed by atoms with Gasteiger partial charge >= 0.3 is 0 Å². The van der Waals surface area contributed by atoms with Crippen molar-refractivity contribution in [3.63, 3.8) is 0 Å². The Hall–Kier alpha value is -0.800. The van der Waals surface area contributed by atoms with Crippen LogP contribution in [0.25, 0.3) is 0 Å². The summed E-state index contributed by atoms with van der Waals surface area (Å²) < 4.78 is 0. The summed E-state index contributed by atoms with van der Waals surface area (Å²) in [5, 5.41) is -0.219. The number of carbonyl (C=O) groups excluding carboxylic acids is 1. The minimum atomic E-state index is -0.219. The first kappa shape index (κ1) is 13.6. The van der Waals surface area contributed by atoms with Gasteiger partial charge in [0.25, 0.3) is 0 Å². The molecule has 1 aromatic carbocycles. The Morgan fingerprint density at radius 2 is 2.00 bits per heavy atom. The fourth-order valence-electron chi connectivity index (χ4n) is 2.44. The van der Waals surface area contributed by atoms with Gasteiger partial charge in [-0.25, -0.2) is 0 Å². The molecule has 0 amide bonds. The SMILES string of the molecule is CCN(C1CC1)[C@@H](C(=O)C(C)S)c1ccccc1. The molecule has 1 fully saturated rings. The van der Waals surface area contributed by atoms with Crippen LogP contribution in [0.4, 0.5) is 0 Å². The number of hydrogen-bond acceptors (Lipinski definition) is 3. The van der Waals surface area contributed by atoms with Crippen molar-refractivity contribution < 1.29 is 4.79 Å². The smallest absolute Gasteiger partial charge is 0.166 e. The standard InChI is InChI=1S/C15H21NOS/c1-3-16(13-9-10-13)14(15(17)11(2)18)12-7-5-4-6-8-12/h4-8,11,13-14,18H,3,9-10H2,1-2H3/t11?,14-/m1/s1. The van der Waals surface area contributed by atoms with E-state index in [0.29, 0.717) is 6.04 Å². The van der Waals surface area contributed by atoms with E-state index < -0.39 is 0 Å². The second-order valence-electron chi connectivity index (χ2n) is 4.95. The summed E-state index contributed by atoms with van der Waals surface area (Å²) in [6.45, 7) is 4.91. The highest BCUT2D eigenvalue weighted by molar-refractivity contribution is 7.81. The molecule has 0 spiro atoms.